The van der Waals surface area contributed by atoms with E-state index in [9.17, 15) is 0 Å². The van der Waals surface area contributed by atoms with Crippen LogP contribution in [0.2, 0.25) is 0 Å². The predicted octanol–water partition coefficient (Wildman–Crippen LogP) is 1.40. The molecular weight excluding hydrogens is 288 g/mol. The quantitative estimate of drug-likeness (QED) is 0.614. The van der Waals surface area contributed by atoms with Crippen LogP contribution in [0.3, 0.4) is 0 Å². The zero-order valence-corrected chi connectivity index (χ0v) is 12.6. The van der Waals surface area contributed by atoms with Crippen LogP contribution in [0.5, 0.6) is 0 Å². The summed E-state index contributed by atoms with van der Waals surface area (Å²) in [5.41, 5.74) is 4.72. The Bertz CT molecular complexity index is 808. The summed E-state index contributed by atoms with van der Waals surface area (Å²) in [6, 6.07) is 6.56. The molecule has 1 aliphatic carbocycles. The van der Waals surface area contributed by atoms with E-state index in [0.29, 0.717) is 5.96 Å². The highest BCUT2D eigenvalue weighted by atomic mass is 15.2. The average Bonchev–Trinajstić information content (AvgIpc) is 2.97. The molecule has 0 amide bonds. The second kappa shape index (κ2) is 5.36. The van der Waals surface area contributed by atoms with Gasteiger partial charge < -0.3 is 5.32 Å². The smallest absolute Gasteiger partial charge is 0.205 e. The standard InChI is InChI=1S/C17H16N6/c18-10-22-16-21-9-17(23-16)4-3-12-1-2-13(5-14(12)6-17)15-7-19-11-20-8-15/h1-2,5,7-8,11H,3-4,6,9H2,(H2,21,22,23). The minimum Gasteiger partial charge on any atom is -0.353 e. The second-order valence-electron chi connectivity index (χ2n) is 6.06. The molecule has 1 unspecified atom stereocenters. The van der Waals surface area contributed by atoms with Gasteiger partial charge in [-0.3, -0.25) is 5.32 Å². The van der Waals surface area contributed by atoms with Gasteiger partial charge in [0.2, 0.25) is 5.96 Å². The molecule has 2 heterocycles. The fraction of sp³-hybridized carbons (Fsp3) is 0.294. The minimum absolute atomic E-state index is 0.141. The van der Waals surface area contributed by atoms with Gasteiger partial charge in [-0.15, -0.1) is 0 Å². The molecule has 1 aromatic heterocycles. The molecule has 0 radical (unpaired) electrons. The molecule has 2 aromatic rings. The Balaban J connectivity index is 1.66. The summed E-state index contributed by atoms with van der Waals surface area (Å²) >= 11 is 0. The van der Waals surface area contributed by atoms with Crippen molar-refractivity contribution in [3.8, 4) is 17.3 Å². The van der Waals surface area contributed by atoms with Gasteiger partial charge in [-0.05, 0) is 36.0 Å². The van der Waals surface area contributed by atoms with Crippen molar-refractivity contribution in [3.63, 3.8) is 0 Å². The third-order valence-corrected chi connectivity index (χ3v) is 4.59. The monoisotopic (exact) mass is 304 g/mol. The number of nitriles is 1. The van der Waals surface area contributed by atoms with Crippen LogP contribution in [0.15, 0.2) is 41.9 Å². The molecule has 6 nitrogen and oxygen atoms in total. The SMILES string of the molecule is N#CNC1=NC2(CCc3ccc(-c4cncnc4)cc3C2)CN1. The Morgan fingerprint density at radius 2 is 2.04 bits per heavy atom. The zero-order chi connectivity index (χ0) is 15.7. The molecule has 114 valence electrons. The van der Waals surface area contributed by atoms with E-state index in [-0.39, 0.29) is 5.54 Å². The molecule has 4 rings (SSSR count). The number of hydrogen-bond donors (Lipinski definition) is 2. The van der Waals surface area contributed by atoms with Crippen LogP contribution in [0.25, 0.3) is 11.1 Å². The van der Waals surface area contributed by atoms with Crippen molar-refractivity contribution in [2.75, 3.05) is 6.54 Å². The number of guanidine groups is 1. The maximum Gasteiger partial charge on any atom is 0.205 e. The van der Waals surface area contributed by atoms with Crippen molar-refractivity contribution in [2.45, 2.75) is 24.8 Å². The van der Waals surface area contributed by atoms with Crippen molar-refractivity contribution in [2.24, 2.45) is 4.99 Å². The highest BCUT2D eigenvalue weighted by Gasteiger charge is 2.38. The number of nitrogens with zero attached hydrogens (tertiary/aromatic N) is 4. The lowest BCUT2D eigenvalue weighted by Gasteiger charge is -2.31. The first-order valence-corrected chi connectivity index (χ1v) is 7.64. The van der Waals surface area contributed by atoms with E-state index in [1.807, 2.05) is 18.6 Å². The number of aromatic nitrogens is 2. The summed E-state index contributed by atoms with van der Waals surface area (Å²) in [6.07, 6.45) is 10.0. The van der Waals surface area contributed by atoms with Crippen LogP contribution in [0.4, 0.5) is 0 Å². The summed E-state index contributed by atoms with van der Waals surface area (Å²) in [7, 11) is 0. The summed E-state index contributed by atoms with van der Waals surface area (Å²) < 4.78 is 0. The summed E-state index contributed by atoms with van der Waals surface area (Å²) in [4.78, 5) is 12.9. The Morgan fingerprint density at radius 3 is 2.87 bits per heavy atom. The fourth-order valence-corrected chi connectivity index (χ4v) is 3.41. The number of nitrogens with one attached hydrogen (secondary N) is 2. The number of rotatable bonds is 1. The van der Waals surface area contributed by atoms with Crippen molar-refractivity contribution in [1.82, 2.24) is 20.6 Å². The first-order chi connectivity index (χ1) is 11.3. The summed E-state index contributed by atoms with van der Waals surface area (Å²) in [5.74, 6) is 0.587. The normalized spacial score (nSPS) is 22.0. The van der Waals surface area contributed by atoms with E-state index in [1.54, 1.807) is 6.33 Å². The van der Waals surface area contributed by atoms with E-state index in [0.717, 1.165) is 36.9 Å². The molecule has 23 heavy (non-hydrogen) atoms. The van der Waals surface area contributed by atoms with Crippen molar-refractivity contribution >= 4 is 5.96 Å². The molecule has 6 heteroatoms. The number of aliphatic imine (C=N–C) groups is 1. The van der Waals surface area contributed by atoms with Crippen molar-refractivity contribution in [1.29, 1.82) is 5.26 Å². The van der Waals surface area contributed by atoms with Crippen LogP contribution in [-0.4, -0.2) is 28.0 Å². The maximum absolute atomic E-state index is 8.74. The third-order valence-electron chi connectivity index (χ3n) is 4.59. The van der Waals surface area contributed by atoms with Crippen molar-refractivity contribution in [3.05, 3.63) is 48.0 Å². The van der Waals surface area contributed by atoms with Crippen LogP contribution in [0, 0.1) is 11.5 Å². The molecule has 1 spiro atoms. The molecule has 0 saturated heterocycles. The van der Waals surface area contributed by atoms with Gasteiger partial charge in [-0.1, -0.05) is 18.2 Å². The van der Waals surface area contributed by atoms with Crippen LogP contribution >= 0.6 is 0 Å². The highest BCUT2D eigenvalue weighted by Crippen LogP contribution is 2.35. The van der Waals surface area contributed by atoms with Gasteiger partial charge in [-0.25, -0.2) is 15.0 Å². The lowest BCUT2D eigenvalue weighted by atomic mass is 9.78. The van der Waals surface area contributed by atoms with Gasteiger partial charge >= 0.3 is 0 Å². The number of benzene rings is 1. The van der Waals surface area contributed by atoms with Gasteiger partial charge in [0.05, 0.1) is 5.54 Å². The average molecular weight is 304 g/mol. The first kappa shape index (κ1) is 13.7. The van der Waals surface area contributed by atoms with Gasteiger partial charge in [0, 0.05) is 24.5 Å². The fourth-order valence-electron chi connectivity index (χ4n) is 3.41. The number of fused-ring (bicyclic) bond motifs is 1. The lowest BCUT2D eigenvalue weighted by molar-refractivity contribution is 0.394. The molecular formula is C17H16N6. The third kappa shape index (κ3) is 2.50. The van der Waals surface area contributed by atoms with Crippen molar-refractivity contribution < 1.29 is 0 Å². The van der Waals surface area contributed by atoms with E-state index >= 15 is 0 Å². The zero-order valence-electron chi connectivity index (χ0n) is 12.6. The molecule has 1 atom stereocenters. The Hall–Kier alpha value is -2.94. The van der Waals surface area contributed by atoms with E-state index in [1.165, 1.54) is 11.1 Å². The molecule has 0 bridgehead atoms. The minimum atomic E-state index is -0.141. The Kier molecular flexibility index (Phi) is 3.19. The lowest BCUT2D eigenvalue weighted by Crippen LogP contribution is -2.39. The summed E-state index contributed by atoms with van der Waals surface area (Å²) in [5, 5.41) is 14.5. The molecule has 2 aliphatic rings. The Labute approximate surface area is 134 Å². The molecule has 1 aliphatic heterocycles. The van der Waals surface area contributed by atoms with Crippen LogP contribution < -0.4 is 10.6 Å². The van der Waals surface area contributed by atoms with E-state index < -0.39 is 0 Å². The van der Waals surface area contributed by atoms with Gasteiger partial charge in [-0.2, -0.15) is 5.26 Å². The predicted molar refractivity (Wildman–Crippen MR) is 86.4 cm³/mol. The van der Waals surface area contributed by atoms with Gasteiger partial charge in [0.15, 0.2) is 6.19 Å². The molecule has 0 fully saturated rings. The van der Waals surface area contributed by atoms with Gasteiger partial charge in [0.1, 0.15) is 6.33 Å². The number of hydrogen-bond acceptors (Lipinski definition) is 6. The van der Waals surface area contributed by atoms with Crippen LogP contribution in [0.1, 0.15) is 17.5 Å². The first-order valence-electron chi connectivity index (χ1n) is 7.64. The molecule has 2 N–H and O–H groups in total. The topological polar surface area (TPSA) is 86.0 Å². The summed E-state index contributed by atoms with van der Waals surface area (Å²) in [6.45, 7) is 0.773. The molecule has 1 aromatic carbocycles. The van der Waals surface area contributed by atoms with Crippen LogP contribution in [-0.2, 0) is 12.8 Å². The maximum atomic E-state index is 8.74. The number of aryl methyl sites for hydroxylation is 1. The van der Waals surface area contributed by atoms with E-state index in [4.69, 9.17) is 10.3 Å². The van der Waals surface area contributed by atoms with E-state index in [2.05, 4.69) is 38.8 Å². The largest absolute Gasteiger partial charge is 0.353 e. The molecule has 0 saturated carbocycles. The second-order valence-corrected chi connectivity index (χ2v) is 6.06. The Morgan fingerprint density at radius 1 is 1.17 bits per heavy atom. The van der Waals surface area contributed by atoms with Gasteiger partial charge in [0.25, 0.3) is 0 Å². The highest BCUT2D eigenvalue weighted by molar-refractivity contribution is 5.83.